The average molecular weight is 190 g/mol. The van der Waals surface area contributed by atoms with E-state index in [-0.39, 0.29) is 25.4 Å². The number of aliphatic hydroxyl groups is 2. The van der Waals surface area contributed by atoms with Crippen molar-refractivity contribution in [3.8, 4) is 0 Å². The molecule has 0 saturated heterocycles. The van der Waals surface area contributed by atoms with Crippen LogP contribution >= 0.6 is 0 Å². The molecule has 80 valence electrons. The van der Waals surface area contributed by atoms with Crippen LogP contribution in [-0.2, 0) is 4.74 Å². The third-order valence-electron chi connectivity index (χ3n) is 2.11. The van der Waals surface area contributed by atoms with Crippen molar-refractivity contribution in [3.05, 3.63) is 0 Å². The average Bonchev–Trinajstić information content (AvgIpc) is 2.14. The van der Waals surface area contributed by atoms with Crippen LogP contribution in [0.25, 0.3) is 0 Å². The van der Waals surface area contributed by atoms with Gasteiger partial charge < -0.3 is 14.9 Å². The van der Waals surface area contributed by atoms with Gasteiger partial charge in [-0.15, -0.1) is 0 Å². The van der Waals surface area contributed by atoms with Crippen molar-refractivity contribution in [1.29, 1.82) is 0 Å². The van der Waals surface area contributed by atoms with Crippen LogP contribution in [0, 0.1) is 0 Å². The van der Waals surface area contributed by atoms with Crippen LogP contribution in [-0.4, -0.2) is 35.6 Å². The first-order valence-corrected chi connectivity index (χ1v) is 5.15. The Kier molecular flexibility index (Phi) is 8.40. The van der Waals surface area contributed by atoms with E-state index >= 15 is 0 Å². The summed E-state index contributed by atoms with van der Waals surface area (Å²) in [5, 5.41) is 17.7. The molecule has 13 heavy (non-hydrogen) atoms. The normalized spacial score (nSPS) is 15.7. The Labute approximate surface area is 80.7 Å². The van der Waals surface area contributed by atoms with Crippen molar-refractivity contribution in [3.63, 3.8) is 0 Å². The highest BCUT2D eigenvalue weighted by atomic mass is 16.5. The van der Waals surface area contributed by atoms with Gasteiger partial charge in [0.25, 0.3) is 0 Å². The Hall–Kier alpha value is -0.120. The SMILES string of the molecule is CCC[C@H](CCO)O[C@H](CC)CO. The molecule has 0 amide bonds. The molecule has 3 nitrogen and oxygen atoms in total. The highest BCUT2D eigenvalue weighted by molar-refractivity contribution is 4.61. The zero-order valence-corrected chi connectivity index (χ0v) is 8.70. The predicted molar refractivity (Wildman–Crippen MR) is 52.6 cm³/mol. The molecule has 0 aliphatic carbocycles. The van der Waals surface area contributed by atoms with Crippen molar-refractivity contribution >= 4 is 0 Å². The van der Waals surface area contributed by atoms with Gasteiger partial charge in [0.15, 0.2) is 0 Å². The molecule has 0 rings (SSSR count). The Morgan fingerprint density at radius 2 is 1.77 bits per heavy atom. The number of ether oxygens (including phenoxy) is 1. The first-order valence-electron chi connectivity index (χ1n) is 5.15. The Bertz CT molecular complexity index is 96.3. The minimum Gasteiger partial charge on any atom is -0.396 e. The Morgan fingerprint density at radius 3 is 2.15 bits per heavy atom. The van der Waals surface area contributed by atoms with Crippen molar-refractivity contribution < 1.29 is 14.9 Å². The molecule has 2 atom stereocenters. The summed E-state index contributed by atoms with van der Waals surface area (Å²) in [6, 6.07) is 0. The van der Waals surface area contributed by atoms with Gasteiger partial charge in [0.2, 0.25) is 0 Å². The second kappa shape index (κ2) is 8.48. The van der Waals surface area contributed by atoms with Crippen molar-refractivity contribution in [2.45, 2.75) is 51.7 Å². The largest absolute Gasteiger partial charge is 0.396 e. The molecule has 0 unspecified atom stereocenters. The fraction of sp³-hybridized carbons (Fsp3) is 1.00. The molecule has 3 heteroatoms. The smallest absolute Gasteiger partial charge is 0.0806 e. The minimum absolute atomic E-state index is 0.0666. The maximum Gasteiger partial charge on any atom is 0.0806 e. The zero-order valence-electron chi connectivity index (χ0n) is 8.70. The highest BCUT2D eigenvalue weighted by Gasteiger charge is 2.13. The van der Waals surface area contributed by atoms with Crippen molar-refractivity contribution in [2.24, 2.45) is 0 Å². The van der Waals surface area contributed by atoms with Gasteiger partial charge in [0.05, 0.1) is 18.8 Å². The number of aliphatic hydroxyl groups excluding tert-OH is 2. The Balaban J connectivity index is 3.76. The van der Waals surface area contributed by atoms with Crippen molar-refractivity contribution in [1.82, 2.24) is 0 Å². The second-order valence-corrected chi connectivity index (χ2v) is 3.27. The summed E-state index contributed by atoms with van der Waals surface area (Å²) in [6.45, 7) is 4.31. The van der Waals surface area contributed by atoms with Crippen LogP contribution < -0.4 is 0 Å². The predicted octanol–water partition coefficient (Wildman–Crippen LogP) is 1.32. The third kappa shape index (κ3) is 6.02. The summed E-state index contributed by atoms with van der Waals surface area (Å²) in [5.41, 5.74) is 0. The molecule has 0 aliphatic heterocycles. The molecule has 0 aromatic heterocycles. The lowest BCUT2D eigenvalue weighted by molar-refractivity contribution is -0.0520. The second-order valence-electron chi connectivity index (χ2n) is 3.27. The van der Waals surface area contributed by atoms with E-state index in [4.69, 9.17) is 14.9 Å². The Morgan fingerprint density at radius 1 is 1.08 bits per heavy atom. The molecule has 0 aromatic carbocycles. The molecule has 0 saturated carbocycles. The fourth-order valence-electron chi connectivity index (χ4n) is 1.29. The van der Waals surface area contributed by atoms with Gasteiger partial charge in [0, 0.05) is 6.61 Å². The van der Waals surface area contributed by atoms with Gasteiger partial charge in [-0.25, -0.2) is 0 Å². The summed E-state index contributed by atoms with van der Waals surface area (Å²) in [6.07, 6.45) is 3.53. The van der Waals surface area contributed by atoms with Crippen LogP contribution in [0.5, 0.6) is 0 Å². The van der Waals surface area contributed by atoms with Gasteiger partial charge in [-0.05, 0) is 19.3 Å². The van der Waals surface area contributed by atoms with E-state index in [2.05, 4.69) is 6.92 Å². The summed E-state index contributed by atoms with van der Waals surface area (Å²) < 4.78 is 5.62. The lowest BCUT2D eigenvalue weighted by Gasteiger charge is -2.21. The van der Waals surface area contributed by atoms with Gasteiger partial charge >= 0.3 is 0 Å². The number of hydrogen-bond acceptors (Lipinski definition) is 3. The quantitative estimate of drug-likeness (QED) is 0.607. The molecule has 0 spiro atoms. The fourth-order valence-corrected chi connectivity index (χ4v) is 1.29. The lowest BCUT2D eigenvalue weighted by atomic mass is 10.1. The lowest BCUT2D eigenvalue weighted by Crippen LogP contribution is -2.25. The van der Waals surface area contributed by atoms with Gasteiger partial charge in [-0.3, -0.25) is 0 Å². The molecular weight excluding hydrogens is 168 g/mol. The van der Waals surface area contributed by atoms with E-state index < -0.39 is 0 Å². The maximum absolute atomic E-state index is 8.92. The first-order chi connectivity index (χ1) is 6.28. The van der Waals surface area contributed by atoms with Crippen LogP contribution in [0.4, 0.5) is 0 Å². The molecule has 0 bridgehead atoms. The topological polar surface area (TPSA) is 49.7 Å². The van der Waals surface area contributed by atoms with E-state index in [0.29, 0.717) is 6.42 Å². The van der Waals surface area contributed by atoms with Crippen molar-refractivity contribution in [2.75, 3.05) is 13.2 Å². The molecular formula is C10H22O3. The minimum atomic E-state index is -0.0666. The van der Waals surface area contributed by atoms with Crippen LogP contribution in [0.15, 0.2) is 0 Å². The molecule has 0 aromatic rings. The number of rotatable bonds is 8. The molecule has 0 fully saturated rings. The van der Waals surface area contributed by atoms with Crippen LogP contribution in [0.1, 0.15) is 39.5 Å². The zero-order chi connectivity index (χ0) is 10.1. The number of hydrogen-bond donors (Lipinski definition) is 2. The third-order valence-corrected chi connectivity index (χ3v) is 2.11. The van der Waals surface area contributed by atoms with E-state index in [1.165, 1.54) is 0 Å². The summed E-state index contributed by atoms with van der Waals surface area (Å²) in [4.78, 5) is 0. The molecule has 0 aliphatic rings. The highest BCUT2D eigenvalue weighted by Crippen LogP contribution is 2.11. The summed E-state index contributed by atoms with van der Waals surface area (Å²) in [5.74, 6) is 0. The molecule has 2 N–H and O–H groups in total. The van der Waals surface area contributed by atoms with E-state index in [1.54, 1.807) is 0 Å². The van der Waals surface area contributed by atoms with E-state index in [9.17, 15) is 0 Å². The van der Waals surface area contributed by atoms with Crippen LogP contribution in [0.3, 0.4) is 0 Å². The van der Waals surface area contributed by atoms with E-state index in [0.717, 1.165) is 19.3 Å². The van der Waals surface area contributed by atoms with Gasteiger partial charge in [-0.2, -0.15) is 0 Å². The summed E-state index contributed by atoms with van der Waals surface area (Å²) >= 11 is 0. The van der Waals surface area contributed by atoms with Gasteiger partial charge in [-0.1, -0.05) is 20.3 Å². The summed E-state index contributed by atoms with van der Waals surface area (Å²) in [7, 11) is 0. The van der Waals surface area contributed by atoms with Crippen LogP contribution in [0.2, 0.25) is 0 Å². The van der Waals surface area contributed by atoms with E-state index in [1.807, 2.05) is 6.92 Å². The standard InChI is InChI=1S/C10H22O3/c1-3-5-10(6-7-11)13-9(4-2)8-12/h9-12H,3-8H2,1-2H3/t9-,10-/m1/s1. The monoisotopic (exact) mass is 190 g/mol. The first kappa shape index (κ1) is 12.9. The maximum atomic E-state index is 8.92. The molecule has 0 radical (unpaired) electrons. The molecule has 0 heterocycles. The van der Waals surface area contributed by atoms with Gasteiger partial charge in [0.1, 0.15) is 0 Å².